The van der Waals surface area contributed by atoms with Crippen LogP contribution in [0.4, 0.5) is 60.9 Å². The Morgan fingerprint density at radius 2 is 0.474 bits per heavy atom. The molecular formula is C2H3B2F14Li-2. The predicted molar refractivity (Wildman–Crippen MR) is 35.7 cm³/mol. The summed E-state index contributed by atoms with van der Waals surface area (Å²) >= 11 is 0. The minimum absolute atomic E-state index is 0. The largest absolute Gasteiger partial charge is 1.00 e. The second-order valence-corrected chi connectivity index (χ2v) is 1.48. The maximum absolute atomic E-state index is 9.75. The third kappa shape index (κ3) is 68900. The summed E-state index contributed by atoms with van der Waals surface area (Å²) in [6.45, 7) is -7.33. The number of alkyl halides is 6. The minimum Gasteiger partial charge on any atom is -1.00 e. The molecule has 0 unspecified atom stereocenters. The third-order valence-corrected chi connectivity index (χ3v) is 0. The van der Waals surface area contributed by atoms with E-state index >= 15 is 0 Å². The van der Waals surface area contributed by atoms with Crippen molar-refractivity contribution in [3.63, 3.8) is 0 Å². The first kappa shape index (κ1) is 31.2. The summed E-state index contributed by atoms with van der Waals surface area (Å²) in [6.07, 6.45) is 0. The monoisotopic (exact) mass is 322 g/mol. The number of hydrogen-bond donors (Lipinski definition) is 0. The van der Waals surface area contributed by atoms with E-state index in [2.05, 4.69) is 0 Å². The standard InChI is InChI=1S/2CHF3.2BF4.Li.H/c2*2-1(3)4;2*2-1(3,4)5;;/h2*1H;;;;/q;;2*-1;+1;-1. The number of halogens is 14. The average molecular weight is 322 g/mol. The molecule has 0 aromatic carbocycles. The molecule has 19 heavy (non-hydrogen) atoms. The van der Waals surface area contributed by atoms with E-state index in [0.29, 0.717) is 0 Å². The fourth-order valence-electron chi connectivity index (χ4n) is 0. The quantitative estimate of drug-likeness (QED) is 0.473. The van der Waals surface area contributed by atoms with Crippen molar-refractivity contribution in [3.8, 4) is 0 Å². The molecule has 0 fully saturated rings. The summed E-state index contributed by atoms with van der Waals surface area (Å²) in [5.41, 5.74) is 0. The normalized spacial score (nSPS) is 10.1. The second kappa shape index (κ2) is 15.8. The van der Waals surface area contributed by atoms with Gasteiger partial charge in [-0.1, -0.05) is 0 Å². The van der Waals surface area contributed by atoms with Crippen LogP contribution in [0.3, 0.4) is 0 Å². The zero-order chi connectivity index (χ0) is 16.2. The first-order chi connectivity index (χ1) is 7.46. The van der Waals surface area contributed by atoms with E-state index in [4.69, 9.17) is 0 Å². The molecule has 0 heterocycles. The molecule has 0 amide bonds. The van der Waals surface area contributed by atoms with Crippen LogP contribution in [-0.2, 0) is 0 Å². The van der Waals surface area contributed by atoms with E-state index in [-0.39, 0.29) is 20.3 Å². The molecule has 0 rings (SSSR count). The van der Waals surface area contributed by atoms with Crippen LogP contribution in [0.5, 0.6) is 0 Å². The molecule has 0 aliphatic rings. The SMILES string of the molecule is FC(F)F.FC(F)F.F[B-](F)(F)F.F[B-](F)(F)F.[H-].[Li+]. The smallest absolute Gasteiger partial charge is 1.00 e. The van der Waals surface area contributed by atoms with Crippen molar-refractivity contribution in [2.24, 2.45) is 0 Å². The van der Waals surface area contributed by atoms with Crippen molar-refractivity contribution in [2.75, 3.05) is 0 Å². The first-order valence-electron chi connectivity index (χ1n) is 3.06. The first-order valence-corrected chi connectivity index (χ1v) is 3.06. The molecule has 0 saturated carbocycles. The molecule has 0 nitrogen and oxygen atoms in total. The molecule has 0 aliphatic heterocycles. The molecule has 0 saturated heterocycles. The Labute approximate surface area is 110 Å². The van der Waals surface area contributed by atoms with Gasteiger partial charge in [0.15, 0.2) is 0 Å². The van der Waals surface area contributed by atoms with Crippen LogP contribution >= 0.6 is 0 Å². The van der Waals surface area contributed by atoms with Gasteiger partial charge in [-0.2, -0.15) is 26.3 Å². The molecule has 0 N–H and O–H groups in total. The number of hydrogen-bond acceptors (Lipinski definition) is 0. The third-order valence-electron chi connectivity index (χ3n) is 0. The fourth-order valence-corrected chi connectivity index (χ4v) is 0. The van der Waals surface area contributed by atoms with E-state index in [1.807, 2.05) is 0 Å². The Hall–Kier alpha value is -0.253. The Bertz CT molecular complexity index is 121. The van der Waals surface area contributed by atoms with Gasteiger partial charge in [0.2, 0.25) is 0 Å². The van der Waals surface area contributed by atoms with E-state index in [1.165, 1.54) is 0 Å². The minimum atomic E-state index is -6.00. The molecule has 0 atom stereocenters. The summed E-state index contributed by atoms with van der Waals surface area (Å²) in [5, 5.41) is 0. The van der Waals surface area contributed by atoms with Crippen molar-refractivity contribution in [2.45, 2.75) is 13.4 Å². The van der Waals surface area contributed by atoms with Gasteiger partial charge >= 0.3 is 46.7 Å². The molecule has 0 spiro atoms. The van der Waals surface area contributed by atoms with Crippen molar-refractivity contribution in [1.29, 1.82) is 0 Å². The van der Waals surface area contributed by atoms with Gasteiger partial charge in [-0.05, 0) is 0 Å². The van der Waals surface area contributed by atoms with Crippen LogP contribution in [0, 0.1) is 0 Å². The molecular weight excluding hydrogens is 319 g/mol. The Balaban J connectivity index is -0.0000000318. The summed E-state index contributed by atoms with van der Waals surface area (Å²) in [7, 11) is -12.0. The van der Waals surface area contributed by atoms with Gasteiger partial charge in [0.05, 0.1) is 0 Å². The van der Waals surface area contributed by atoms with Crippen LogP contribution in [0.1, 0.15) is 1.43 Å². The van der Waals surface area contributed by atoms with Crippen LogP contribution < -0.4 is 18.9 Å². The fraction of sp³-hybridized carbons (Fsp3) is 1.00. The molecule has 0 bridgehead atoms. The van der Waals surface area contributed by atoms with Gasteiger partial charge in [0, 0.05) is 0 Å². The van der Waals surface area contributed by atoms with E-state index in [1.54, 1.807) is 0 Å². The van der Waals surface area contributed by atoms with Crippen molar-refractivity contribution in [3.05, 3.63) is 0 Å². The zero-order valence-corrected chi connectivity index (χ0v) is 8.60. The Kier molecular flexibility index (Phi) is 26.0. The molecule has 118 valence electrons. The van der Waals surface area contributed by atoms with E-state index < -0.39 is 27.9 Å². The van der Waals surface area contributed by atoms with Crippen molar-refractivity contribution < 1.29 is 81.2 Å². The topological polar surface area (TPSA) is 0 Å². The second-order valence-electron chi connectivity index (χ2n) is 1.48. The van der Waals surface area contributed by atoms with Crippen LogP contribution in [0.2, 0.25) is 0 Å². The Morgan fingerprint density at radius 3 is 0.474 bits per heavy atom. The van der Waals surface area contributed by atoms with Crippen LogP contribution in [0.25, 0.3) is 0 Å². The molecule has 0 radical (unpaired) electrons. The predicted octanol–water partition coefficient (Wildman–Crippen LogP) is 2.07. The van der Waals surface area contributed by atoms with Gasteiger partial charge in [-0.15, -0.1) is 0 Å². The van der Waals surface area contributed by atoms with Crippen molar-refractivity contribution >= 4 is 14.5 Å². The molecule has 17 heteroatoms. The molecule has 0 aliphatic carbocycles. The molecule has 0 aromatic rings. The summed E-state index contributed by atoms with van der Waals surface area (Å²) in [5.74, 6) is 0. The maximum Gasteiger partial charge on any atom is 1.00 e. The van der Waals surface area contributed by atoms with Crippen molar-refractivity contribution in [1.82, 2.24) is 0 Å². The number of rotatable bonds is 0. The summed E-state index contributed by atoms with van der Waals surface area (Å²) < 4.78 is 136. The maximum atomic E-state index is 9.75. The van der Waals surface area contributed by atoms with Gasteiger partial charge in [-0.3, -0.25) is 0 Å². The van der Waals surface area contributed by atoms with Gasteiger partial charge in [0.25, 0.3) is 0 Å². The van der Waals surface area contributed by atoms with Gasteiger partial charge < -0.3 is 36.0 Å². The summed E-state index contributed by atoms with van der Waals surface area (Å²) in [6, 6.07) is 0. The summed E-state index contributed by atoms with van der Waals surface area (Å²) in [4.78, 5) is 0. The van der Waals surface area contributed by atoms with Crippen LogP contribution in [0.15, 0.2) is 0 Å². The van der Waals surface area contributed by atoms with Crippen LogP contribution in [-0.4, -0.2) is 27.9 Å². The Morgan fingerprint density at radius 1 is 0.474 bits per heavy atom. The molecule has 0 aromatic heterocycles. The van der Waals surface area contributed by atoms with Gasteiger partial charge in [-0.25, -0.2) is 0 Å². The zero-order valence-electron chi connectivity index (χ0n) is 9.60. The van der Waals surface area contributed by atoms with E-state index in [0.717, 1.165) is 0 Å². The average Bonchev–Trinajstić information content (AvgIpc) is 1.70. The van der Waals surface area contributed by atoms with E-state index in [9.17, 15) is 60.9 Å². The van der Waals surface area contributed by atoms with Gasteiger partial charge in [0.1, 0.15) is 0 Å².